The number of aromatic carboxylic acids is 1. The average Bonchev–Trinajstić information content (AvgIpc) is 3.05. The van der Waals surface area contributed by atoms with Gasteiger partial charge >= 0.3 is 5.97 Å². The van der Waals surface area contributed by atoms with Crippen LogP contribution in [0.15, 0.2) is 52.9 Å². The van der Waals surface area contributed by atoms with E-state index in [2.05, 4.69) is 11.9 Å². The Bertz CT molecular complexity index is 826. The van der Waals surface area contributed by atoms with Gasteiger partial charge in [0.2, 0.25) is 0 Å². The van der Waals surface area contributed by atoms with Crippen LogP contribution in [0.1, 0.15) is 23.7 Å². The van der Waals surface area contributed by atoms with E-state index >= 15 is 0 Å². The summed E-state index contributed by atoms with van der Waals surface area (Å²) in [5.74, 6) is -0.635. The fourth-order valence-corrected chi connectivity index (χ4v) is 2.60. The van der Waals surface area contributed by atoms with E-state index in [-0.39, 0.29) is 5.56 Å². The Hall–Kier alpha value is -3.02. The van der Waals surface area contributed by atoms with Crippen LogP contribution in [-0.2, 0) is 0 Å². The normalized spacial score (nSPS) is 10.8. The van der Waals surface area contributed by atoms with Gasteiger partial charge in [0, 0.05) is 6.54 Å². The molecule has 0 aliphatic carbocycles. The van der Waals surface area contributed by atoms with Gasteiger partial charge in [0.15, 0.2) is 5.58 Å². The number of hydrogen-bond donors (Lipinski definition) is 1. The van der Waals surface area contributed by atoms with E-state index in [0.717, 1.165) is 24.1 Å². The summed E-state index contributed by atoms with van der Waals surface area (Å²) in [4.78, 5) is 17.7. The SMILES string of the molecule is CCCN(CCOc1ccccc1C(=O)O)c1nc2ccccc2o1. The molecule has 0 unspecified atom stereocenters. The molecule has 1 aromatic heterocycles. The largest absolute Gasteiger partial charge is 0.491 e. The van der Waals surface area contributed by atoms with Crippen molar-refractivity contribution in [2.75, 3.05) is 24.6 Å². The first-order valence-electron chi connectivity index (χ1n) is 8.24. The number of aromatic nitrogens is 1. The summed E-state index contributed by atoms with van der Waals surface area (Å²) in [5.41, 5.74) is 1.72. The number of carboxylic acids is 1. The second kappa shape index (κ2) is 7.70. The lowest BCUT2D eigenvalue weighted by Crippen LogP contribution is -2.29. The molecule has 0 amide bonds. The van der Waals surface area contributed by atoms with E-state index in [9.17, 15) is 9.90 Å². The van der Waals surface area contributed by atoms with Gasteiger partial charge in [-0.15, -0.1) is 0 Å². The lowest BCUT2D eigenvalue weighted by Gasteiger charge is -2.20. The molecule has 2 aromatic carbocycles. The number of carboxylic acid groups (broad SMARTS) is 1. The van der Waals surface area contributed by atoms with Crippen LogP contribution in [0.3, 0.4) is 0 Å². The maximum absolute atomic E-state index is 11.2. The Balaban J connectivity index is 1.69. The minimum atomic E-state index is -1.00. The van der Waals surface area contributed by atoms with E-state index in [4.69, 9.17) is 9.15 Å². The molecule has 0 atom stereocenters. The van der Waals surface area contributed by atoms with Gasteiger partial charge in [0.25, 0.3) is 6.01 Å². The molecule has 3 rings (SSSR count). The van der Waals surface area contributed by atoms with Crippen molar-refractivity contribution in [1.29, 1.82) is 0 Å². The monoisotopic (exact) mass is 340 g/mol. The van der Waals surface area contributed by atoms with Crippen LogP contribution in [-0.4, -0.2) is 35.8 Å². The third-order valence-electron chi connectivity index (χ3n) is 3.78. The third kappa shape index (κ3) is 3.91. The van der Waals surface area contributed by atoms with Gasteiger partial charge in [-0.25, -0.2) is 4.79 Å². The molecule has 0 radical (unpaired) electrons. The first kappa shape index (κ1) is 16.8. The number of anilines is 1. The topological polar surface area (TPSA) is 75.8 Å². The molecule has 0 bridgehead atoms. The van der Waals surface area contributed by atoms with Crippen LogP contribution in [0.2, 0.25) is 0 Å². The Labute approximate surface area is 145 Å². The Morgan fingerprint density at radius 2 is 1.92 bits per heavy atom. The molecule has 0 fully saturated rings. The number of oxazole rings is 1. The Morgan fingerprint density at radius 1 is 1.16 bits per heavy atom. The number of para-hydroxylation sites is 3. The van der Waals surface area contributed by atoms with Crippen molar-refractivity contribution in [3.05, 3.63) is 54.1 Å². The molecule has 0 saturated heterocycles. The number of benzene rings is 2. The van der Waals surface area contributed by atoms with E-state index in [1.165, 1.54) is 6.07 Å². The lowest BCUT2D eigenvalue weighted by atomic mass is 10.2. The first-order chi connectivity index (χ1) is 12.2. The summed E-state index contributed by atoms with van der Waals surface area (Å²) in [6.07, 6.45) is 0.935. The summed E-state index contributed by atoms with van der Waals surface area (Å²) in [6.45, 7) is 3.74. The molecule has 1 heterocycles. The number of rotatable bonds is 8. The Morgan fingerprint density at radius 3 is 2.68 bits per heavy atom. The van der Waals surface area contributed by atoms with Crippen molar-refractivity contribution in [1.82, 2.24) is 4.98 Å². The van der Waals surface area contributed by atoms with Crippen LogP contribution in [0, 0.1) is 0 Å². The molecule has 1 N–H and O–H groups in total. The van der Waals surface area contributed by atoms with Crippen LogP contribution in [0.4, 0.5) is 6.01 Å². The predicted octanol–water partition coefficient (Wildman–Crippen LogP) is 3.82. The molecule has 0 aliphatic heterocycles. The molecule has 0 spiro atoms. The van der Waals surface area contributed by atoms with Crippen molar-refractivity contribution >= 4 is 23.1 Å². The van der Waals surface area contributed by atoms with Crippen molar-refractivity contribution in [3.8, 4) is 5.75 Å². The highest BCUT2D eigenvalue weighted by Crippen LogP contribution is 2.22. The van der Waals surface area contributed by atoms with Crippen LogP contribution < -0.4 is 9.64 Å². The summed E-state index contributed by atoms with van der Waals surface area (Å²) >= 11 is 0. The second-order valence-electron chi connectivity index (χ2n) is 5.60. The molecule has 6 heteroatoms. The van der Waals surface area contributed by atoms with Crippen molar-refractivity contribution < 1.29 is 19.1 Å². The quantitative estimate of drug-likeness (QED) is 0.672. The minimum absolute atomic E-state index is 0.159. The van der Waals surface area contributed by atoms with Gasteiger partial charge in [-0.2, -0.15) is 4.98 Å². The van der Waals surface area contributed by atoms with Gasteiger partial charge in [0.05, 0.1) is 6.54 Å². The molecule has 130 valence electrons. The number of hydrogen-bond acceptors (Lipinski definition) is 5. The smallest absolute Gasteiger partial charge is 0.339 e. The third-order valence-corrected chi connectivity index (χ3v) is 3.78. The van der Waals surface area contributed by atoms with Crippen molar-refractivity contribution in [2.45, 2.75) is 13.3 Å². The lowest BCUT2D eigenvalue weighted by molar-refractivity contribution is 0.0692. The van der Waals surface area contributed by atoms with Gasteiger partial charge in [0.1, 0.15) is 23.4 Å². The predicted molar refractivity (Wildman–Crippen MR) is 95.4 cm³/mol. The number of nitrogens with zero attached hydrogens (tertiary/aromatic N) is 2. The molecule has 6 nitrogen and oxygen atoms in total. The molecule has 3 aromatic rings. The van der Waals surface area contributed by atoms with Crippen LogP contribution in [0.5, 0.6) is 5.75 Å². The number of fused-ring (bicyclic) bond motifs is 1. The maximum atomic E-state index is 11.2. The average molecular weight is 340 g/mol. The highest BCUT2D eigenvalue weighted by molar-refractivity contribution is 5.90. The zero-order valence-corrected chi connectivity index (χ0v) is 14.0. The minimum Gasteiger partial charge on any atom is -0.491 e. The number of ether oxygens (including phenoxy) is 1. The standard InChI is InChI=1S/C19H20N2O4/c1-2-11-21(19-20-15-8-4-6-10-17(15)25-19)12-13-24-16-9-5-3-7-14(16)18(22)23/h3-10H,2,11-13H2,1H3,(H,22,23). The molecular formula is C19H20N2O4. The summed E-state index contributed by atoms with van der Waals surface area (Å²) in [5, 5.41) is 9.20. The zero-order valence-electron chi connectivity index (χ0n) is 14.0. The second-order valence-corrected chi connectivity index (χ2v) is 5.60. The van der Waals surface area contributed by atoms with E-state index in [1.54, 1.807) is 18.2 Å². The highest BCUT2D eigenvalue weighted by atomic mass is 16.5. The first-order valence-corrected chi connectivity index (χ1v) is 8.24. The van der Waals surface area contributed by atoms with Gasteiger partial charge in [-0.3, -0.25) is 0 Å². The van der Waals surface area contributed by atoms with E-state index < -0.39 is 5.97 Å². The molecule has 0 saturated carbocycles. The van der Waals surface area contributed by atoms with Crippen molar-refractivity contribution in [2.24, 2.45) is 0 Å². The van der Waals surface area contributed by atoms with Gasteiger partial charge in [-0.1, -0.05) is 31.2 Å². The Kier molecular flexibility index (Phi) is 5.18. The van der Waals surface area contributed by atoms with Gasteiger partial charge in [-0.05, 0) is 30.7 Å². The van der Waals surface area contributed by atoms with Gasteiger partial charge < -0.3 is 19.2 Å². The van der Waals surface area contributed by atoms with Crippen molar-refractivity contribution in [3.63, 3.8) is 0 Å². The fourth-order valence-electron chi connectivity index (χ4n) is 2.60. The molecule has 0 aliphatic rings. The summed E-state index contributed by atoms with van der Waals surface area (Å²) in [7, 11) is 0. The fraction of sp³-hybridized carbons (Fsp3) is 0.263. The molecule has 25 heavy (non-hydrogen) atoms. The molecular weight excluding hydrogens is 320 g/mol. The summed E-state index contributed by atoms with van der Waals surface area (Å²) in [6, 6.07) is 14.8. The van der Waals surface area contributed by atoms with E-state index in [1.807, 2.05) is 29.2 Å². The number of carbonyl (C=O) groups is 1. The van der Waals surface area contributed by atoms with Crippen LogP contribution in [0.25, 0.3) is 11.1 Å². The highest BCUT2D eigenvalue weighted by Gasteiger charge is 2.15. The maximum Gasteiger partial charge on any atom is 0.339 e. The summed E-state index contributed by atoms with van der Waals surface area (Å²) < 4.78 is 11.5. The van der Waals surface area contributed by atoms with E-state index in [0.29, 0.717) is 24.9 Å². The zero-order chi connectivity index (χ0) is 17.6. The van der Waals surface area contributed by atoms with Crippen LogP contribution >= 0.6 is 0 Å².